The molecule has 21 N–H and O–H groups in total. The first-order chi connectivity index (χ1) is 37.8. The van der Waals surface area contributed by atoms with Crippen molar-refractivity contribution in [1.29, 1.82) is 0 Å². The van der Waals surface area contributed by atoms with E-state index in [1.54, 1.807) is 26.4 Å². The van der Waals surface area contributed by atoms with Crippen molar-refractivity contribution in [2.24, 2.45) is 34.6 Å². The first kappa shape index (κ1) is 72.1. The second kappa shape index (κ2) is 39.4. The molecular weight excluding hydrogens is 1100 g/mol. The highest BCUT2D eigenvalue weighted by molar-refractivity contribution is 7.99. The predicted octanol–water partition coefficient (Wildman–Crippen LogP) is -6.13. The summed E-state index contributed by atoms with van der Waals surface area (Å²) in [7, 11) is 0. The number of nitrogens with two attached hydrogens (primary N) is 5. The van der Waals surface area contributed by atoms with E-state index in [1.165, 1.54) is 37.4 Å². The van der Waals surface area contributed by atoms with Gasteiger partial charge >= 0.3 is 0 Å². The molecule has 2 unspecified atom stereocenters. The van der Waals surface area contributed by atoms with Gasteiger partial charge < -0.3 is 87.2 Å². The molecule has 1 fully saturated rings. The second-order valence-electron chi connectivity index (χ2n) is 19.4. The molecule has 1 saturated heterocycles. The Morgan fingerprint density at radius 3 is 1.71 bits per heavy atom. The number of carbonyl (C=O) groups is 13. The average molecular weight is 1190 g/mol. The molecule has 0 aromatic carbocycles. The highest BCUT2D eigenvalue weighted by Gasteiger charge is 2.35. The Kier molecular flexibility index (Phi) is 35.5. The number of hydrogen-bond donors (Lipinski definition) is 16. The zero-order chi connectivity index (χ0) is 60.5. The normalized spacial score (nSPS) is 21.1. The van der Waals surface area contributed by atoms with Crippen LogP contribution in [-0.4, -0.2) is 199 Å². The molecular formula is C48H86N16O13S3. The van der Waals surface area contributed by atoms with Crippen LogP contribution in [0.25, 0.3) is 0 Å². The van der Waals surface area contributed by atoms with Gasteiger partial charge in [0.1, 0.15) is 54.4 Å². The Morgan fingerprint density at radius 2 is 1.15 bits per heavy atom. The molecule has 454 valence electrons. The minimum absolute atomic E-state index is 0.0181. The number of unbranched alkanes of at least 4 members (excludes halogenated alkanes) is 2. The molecule has 0 aromatic heterocycles. The van der Waals surface area contributed by atoms with E-state index in [4.69, 9.17) is 28.7 Å². The monoisotopic (exact) mass is 1190 g/mol. The molecule has 1 aliphatic rings. The highest BCUT2D eigenvalue weighted by Crippen LogP contribution is 2.12. The quantitative estimate of drug-likeness (QED) is 0.0310. The van der Waals surface area contributed by atoms with Gasteiger partial charge in [0.15, 0.2) is 0 Å². The van der Waals surface area contributed by atoms with Crippen LogP contribution in [-0.2, 0) is 62.3 Å². The largest absolute Gasteiger partial charge is 0.370 e. The molecule has 0 aliphatic carbocycles. The fourth-order valence-electron chi connectivity index (χ4n) is 7.48. The summed E-state index contributed by atoms with van der Waals surface area (Å²) in [5, 5.41) is 27.5. The first-order valence-electron chi connectivity index (χ1n) is 26.3. The fourth-order valence-corrected chi connectivity index (χ4v) is 9.50. The summed E-state index contributed by atoms with van der Waals surface area (Å²) in [4.78, 5) is 175. The van der Waals surface area contributed by atoms with E-state index >= 15 is 0 Å². The van der Waals surface area contributed by atoms with Gasteiger partial charge in [0.2, 0.25) is 76.8 Å². The van der Waals surface area contributed by atoms with Crippen molar-refractivity contribution in [3.63, 3.8) is 0 Å². The number of amides is 13. The van der Waals surface area contributed by atoms with Gasteiger partial charge in [-0.3, -0.25) is 62.3 Å². The topological polar surface area (TPSA) is 484 Å². The highest BCUT2D eigenvalue weighted by atomic mass is 32.2. The van der Waals surface area contributed by atoms with Crippen LogP contribution in [0, 0.1) is 5.92 Å². The molecule has 10 atom stereocenters. The maximum Gasteiger partial charge on any atom is 0.244 e. The molecule has 0 bridgehead atoms. The zero-order valence-electron chi connectivity index (χ0n) is 46.5. The predicted molar refractivity (Wildman–Crippen MR) is 304 cm³/mol. The summed E-state index contributed by atoms with van der Waals surface area (Å²) in [5.74, 6) is -11.8. The van der Waals surface area contributed by atoms with Gasteiger partial charge in [0.05, 0.1) is 25.6 Å². The van der Waals surface area contributed by atoms with Gasteiger partial charge in [0, 0.05) is 11.5 Å². The Morgan fingerprint density at radius 1 is 0.613 bits per heavy atom. The number of nitrogens with one attached hydrogen (secondary N) is 11. The lowest BCUT2D eigenvalue weighted by Gasteiger charge is -2.27. The zero-order valence-corrected chi connectivity index (χ0v) is 48.9. The molecule has 0 radical (unpaired) electrons. The number of hydrogen-bond acceptors (Lipinski definition) is 19. The molecule has 80 heavy (non-hydrogen) atoms. The van der Waals surface area contributed by atoms with Crippen molar-refractivity contribution < 1.29 is 62.3 Å². The molecule has 13 amide bonds. The number of primary amides is 2. The summed E-state index contributed by atoms with van der Waals surface area (Å²) >= 11 is 3.49. The number of carbonyl (C=O) groups excluding carboxylic acids is 13. The van der Waals surface area contributed by atoms with E-state index in [1.807, 2.05) is 0 Å². The Balaban J connectivity index is 3.88. The summed E-state index contributed by atoms with van der Waals surface area (Å²) in [5.41, 5.74) is 28.1. The minimum atomic E-state index is -1.78. The minimum Gasteiger partial charge on any atom is -0.370 e. The molecule has 0 aromatic rings. The van der Waals surface area contributed by atoms with Crippen LogP contribution in [0.4, 0.5) is 0 Å². The van der Waals surface area contributed by atoms with Crippen LogP contribution in [0.5, 0.6) is 0 Å². The van der Waals surface area contributed by atoms with Crippen molar-refractivity contribution in [1.82, 2.24) is 58.5 Å². The van der Waals surface area contributed by atoms with E-state index in [2.05, 4.69) is 58.5 Å². The smallest absolute Gasteiger partial charge is 0.244 e. The fraction of sp³-hybridized carbons (Fsp3) is 0.729. The Hall–Kier alpha value is -5.96. The van der Waals surface area contributed by atoms with Crippen molar-refractivity contribution in [2.75, 3.05) is 61.7 Å². The third-order valence-corrected chi connectivity index (χ3v) is 14.4. The summed E-state index contributed by atoms with van der Waals surface area (Å²) in [6, 6.07) is -13.4. The second-order valence-corrected chi connectivity index (χ2v) is 22.5. The van der Waals surface area contributed by atoms with Crippen LogP contribution in [0.15, 0.2) is 0 Å². The summed E-state index contributed by atoms with van der Waals surface area (Å²) in [6.07, 6.45) is 4.94. The number of thioether (sulfide) groups is 3. The third kappa shape index (κ3) is 29.0. The van der Waals surface area contributed by atoms with Gasteiger partial charge in [-0.1, -0.05) is 13.8 Å². The van der Waals surface area contributed by atoms with Crippen LogP contribution < -0.4 is 87.2 Å². The van der Waals surface area contributed by atoms with Gasteiger partial charge in [0.25, 0.3) is 0 Å². The number of rotatable bonds is 29. The average Bonchev–Trinajstić information content (AvgIpc) is 3.39. The van der Waals surface area contributed by atoms with Crippen LogP contribution in [0.3, 0.4) is 0 Å². The summed E-state index contributed by atoms with van der Waals surface area (Å²) < 4.78 is 0. The maximum absolute atomic E-state index is 14.4. The van der Waals surface area contributed by atoms with E-state index in [0.29, 0.717) is 43.7 Å². The standard InChI is InChI=1S/C48H86N16O13S3/c1-25(2)19-32-46(75)60-30(13-17-78-5)42(71)54-22-38(67)57-35(48(77)63-33(20-36(52)65)47(76)61-31(14-18-79-6)45(74)58-28(39(53)68)11-7-9-15-49)24-80-23-34(43(72)55-21-37(66)56-27(4)41(70)62-32)64-44(73)29(12-8-10-16-50)59-40(69)26(3)51/h25-35H,7-24,49-51H2,1-6H3,(H2,52,65)(H2,53,68)(H,54,71)(H,55,72)(H,56,66)(H,57,67)(H,58,74)(H,59,69)(H,60,75)(H,61,76)(H,62,70)(H,63,77)(H,64,73)/t26-,27-,28-,29-,30-,31-,32-,33-,34?,35?/m0/s1. The van der Waals surface area contributed by atoms with E-state index in [0.717, 1.165) is 11.8 Å². The molecule has 1 rings (SSSR count). The lowest BCUT2D eigenvalue weighted by molar-refractivity contribution is -0.135. The maximum atomic E-state index is 14.4. The van der Waals surface area contributed by atoms with Crippen molar-refractivity contribution in [3.05, 3.63) is 0 Å². The van der Waals surface area contributed by atoms with Gasteiger partial charge in [-0.15, -0.1) is 0 Å². The lowest BCUT2D eigenvalue weighted by Crippen LogP contribution is -2.60. The van der Waals surface area contributed by atoms with Gasteiger partial charge in [-0.25, -0.2) is 0 Å². The molecule has 1 aliphatic heterocycles. The van der Waals surface area contributed by atoms with E-state index in [9.17, 15) is 62.3 Å². The van der Waals surface area contributed by atoms with Crippen molar-refractivity contribution >= 4 is 112 Å². The van der Waals surface area contributed by atoms with Crippen LogP contribution in [0.2, 0.25) is 0 Å². The van der Waals surface area contributed by atoms with Crippen molar-refractivity contribution in [2.45, 2.75) is 152 Å². The molecule has 0 spiro atoms. The molecule has 1 heterocycles. The van der Waals surface area contributed by atoms with E-state index in [-0.39, 0.29) is 44.6 Å². The van der Waals surface area contributed by atoms with Gasteiger partial charge in [-0.2, -0.15) is 35.3 Å². The first-order valence-corrected chi connectivity index (χ1v) is 30.3. The van der Waals surface area contributed by atoms with Gasteiger partial charge in [-0.05, 0) is 115 Å². The molecule has 29 nitrogen and oxygen atoms in total. The lowest BCUT2D eigenvalue weighted by atomic mass is 10.0. The van der Waals surface area contributed by atoms with Crippen LogP contribution >= 0.6 is 35.3 Å². The van der Waals surface area contributed by atoms with E-state index < -0.39 is 168 Å². The Labute approximate surface area is 479 Å². The van der Waals surface area contributed by atoms with Crippen LogP contribution in [0.1, 0.15) is 91.9 Å². The third-order valence-electron chi connectivity index (χ3n) is 11.9. The molecule has 32 heteroatoms. The summed E-state index contributed by atoms with van der Waals surface area (Å²) in [6.45, 7) is 5.39. The SMILES string of the molecule is CSCC[C@@H]1NC(=O)[C@H](CC(C)C)NC(=O)[C@H](C)NC(=O)CNC(=O)C(NC(=O)[C@H](CCCCN)NC(=O)[C@H](C)N)CSCC(C(=O)N[C@@H](CC(N)=O)C(=O)N[C@@H](CCSC)C(=O)N[C@@H](CCCCN)C(N)=O)NC(=O)CNC1=O. The Bertz CT molecular complexity index is 2110. The molecule has 0 saturated carbocycles. The van der Waals surface area contributed by atoms with Crippen molar-refractivity contribution in [3.8, 4) is 0 Å².